The van der Waals surface area contributed by atoms with Gasteiger partial charge in [0.1, 0.15) is 16.6 Å². The summed E-state index contributed by atoms with van der Waals surface area (Å²) in [4.78, 5) is 25.5. The van der Waals surface area contributed by atoms with Crippen LogP contribution < -0.4 is 5.32 Å². The largest absolute Gasteiger partial charge is 0.296 e. The fourth-order valence-corrected chi connectivity index (χ4v) is 3.12. The average molecular weight is 374 g/mol. The van der Waals surface area contributed by atoms with Crippen molar-refractivity contribution in [3.8, 4) is 23.1 Å². The molecule has 4 aromatic rings. The number of nitrogens with zero attached hydrogens (tertiary/aromatic N) is 7. The molecule has 0 atom stereocenters. The van der Waals surface area contributed by atoms with E-state index in [-0.39, 0.29) is 5.69 Å². The minimum absolute atomic E-state index is 0.231. The summed E-state index contributed by atoms with van der Waals surface area (Å²) in [7, 11) is 0. The van der Waals surface area contributed by atoms with Crippen LogP contribution in [0.3, 0.4) is 0 Å². The third kappa shape index (κ3) is 3.26. The van der Waals surface area contributed by atoms with Crippen LogP contribution >= 0.6 is 11.3 Å². The maximum atomic E-state index is 12.7. The maximum absolute atomic E-state index is 12.7. The summed E-state index contributed by atoms with van der Waals surface area (Å²) in [6, 6.07) is 10.8. The van der Waals surface area contributed by atoms with Gasteiger partial charge in [0.05, 0.1) is 17.6 Å². The summed E-state index contributed by atoms with van der Waals surface area (Å²) in [6.07, 6.45) is 6.16. The second-order valence-electron chi connectivity index (χ2n) is 5.21. The summed E-state index contributed by atoms with van der Waals surface area (Å²) in [6.45, 7) is 0. The molecule has 4 rings (SSSR count). The zero-order valence-corrected chi connectivity index (χ0v) is 14.5. The van der Waals surface area contributed by atoms with E-state index in [9.17, 15) is 10.1 Å². The Morgan fingerprint density at radius 3 is 2.78 bits per heavy atom. The number of hydrogen-bond acceptors (Lipinski definition) is 8. The van der Waals surface area contributed by atoms with Crippen molar-refractivity contribution >= 4 is 22.4 Å². The molecular formula is C17H10N8OS. The van der Waals surface area contributed by atoms with Gasteiger partial charge in [0, 0.05) is 18.6 Å². The Morgan fingerprint density at radius 2 is 2.04 bits per heavy atom. The lowest BCUT2D eigenvalue weighted by Crippen LogP contribution is -2.16. The maximum Gasteiger partial charge on any atom is 0.277 e. The van der Waals surface area contributed by atoms with Gasteiger partial charge in [-0.25, -0.2) is 9.67 Å². The Hall–Kier alpha value is -3.97. The van der Waals surface area contributed by atoms with Gasteiger partial charge in [-0.2, -0.15) is 5.26 Å². The molecule has 9 nitrogen and oxygen atoms in total. The van der Waals surface area contributed by atoms with Crippen LogP contribution in [0, 0.1) is 11.3 Å². The number of aromatic nitrogens is 6. The number of nitrogens with one attached hydrogen (secondary N) is 1. The summed E-state index contributed by atoms with van der Waals surface area (Å²) in [5, 5.41) is 20.1. The molecule has 1 amide bonds. The van der Waals surface area contributed by atoms with Gasteiger partial charge in [0.15, 0.2) is 10.8 Å². The lowest BCUT2D eigenvalue weighted by Gasteiger charge is -2.05. The van der Waals surface area contributed by atoms with Gasteiger partial charge in [-0.15, -0.1) is 5.10 Å². The first kappa shape index (κ1) is 16.5. The van der Waals surface area contributed by atoms with E-state index in [1.54, 1.807) is 48.9 Å². The van der Waals surface area contributed by atoms with Crippen molar-refractivity contribution in [1.29, 1.82) is 5.26 Å². The van der Waals surface area contributed by atoms with Crippen LogP contribution in [0.15, 0.2) is 55.1 Å². The molecule has 0 aliphatic rings. The molecule has 0 saturated heterocycles. The van der Waals surface area contributed by atoms with Crippen molar-refractivity contribution < 1.29 is 4.79 Å². The number of anilines is 1. The highest BCUT2D eigenvalue weighted by molar-refractivity contribution is 7.16. The van der Waals surface area contributed by atoms with Crippen molar-refractivity contribution in [3.05, 3.63) is 65.7 Å². The van der Waals surface area contributed by atoms with Gasteiger partial charge in [0.2, 0.25) is 0 Å². The van der Waals surface area contributed by atoms with E-state index in [0.717, 1.165) is 11.3 Å². The number of thiazole rings is 1. The summed E-state index contributed by atoms with van der Waals surface area (Å²) in [5.74, 6) is -0.442. The number of pyridine rings is 2. The van der Waals surface area contributed by atoms with Gasteiger partial charge < -0.3 is 0 Å². The van der Waals surface area contributed by atoms with Crippen LogP contribution in [-0.4, -0.2) is 35.9 Å². The molecule has 0 radical (unpaired) electrons. The van der Waals surface area contributed by atoms with Gasteiger partial charge in [0.25, 0.3) is 5.91 Å². The second kappa shape index (κ2) is 7.11. The molecule has 0 bridgehead atoms. The molecular weight excluding hydrogens is 364 g/mol. The molecule has 4 heterocycles. The molecule has 10 heteroatoms. The van der Waals surface area contributed by atoms with Gasteiger partial charge >= 0.3 is 0 Å². The Morgan fingerprint density at radius 1 is 1.19 bits per heavy atom. The molecule has 27 heavy (non-hydrogen) atoms. The lowest BCUT2D eigenvalue weighted by molar-refractivity contribution is 0.101. The molecule has 0 aliphatic carbocycles. The van der Waals surface area contributed by atoms with E-state index in [2.05, 4.69) is 36.7 Å². The molecule has 0 fully saturated rings. The number of hydrogen-bond donors (Lipinski definition) is 1. The third-order valence-corrected chi connectivity index (χ3v) is 4.42. The van der Waals surface area contributed by atoms with Crippen LogP contribution in [0.5, 0.6) is 0 Å². The van der Waals surface area contributed by atoms with E-state index in [4.69, 9.17) is 0 Å². The topological polar surface area (TPSA) is 122 Å². The molecule has 0 unspecified atom stereocenters. The molecule has 1 N–H and O–H groups in total. The van der Waals surface area contributed by atoms with E-state index >= 15 is 0 Å². The van der Waals surface area contributed by atoms with Crippen LogP contribution in [0.1, 0.15) is 15.4 Å². The Labute approximate surface area is 157 Å². The highest BCUT2D eigenvalue weighted by Crippen LogP contribution is 2.29. The molecule has 0 aliphatic heterocycles. The van der Waals surface area contributed by atoms with Gasteiger partial charge in [-0.05, 0) is 24.3 Å². The van der Waals surface area contributed by atoms with E-state index < -0.39 is 5.91 Å². The predicted octanol–water partition coefficient (Wildman–Crippen LogP) is 2.30. The summed E-state index contributed by atoms with van der Waals surface area (Å²) < 4.78 is 1.40. The zero-order valence-electron chi connectivity index (χ0n) is 13.6. The Bertz CT molecular complexity index is 1130. The van der Waals surface area contributed by atoms with Crippen molar-refractivity contribution in [2.24, 2.45) is 0 Å². The smallest absolute Gasteiger partial charge is 0.277 e. The van der Waals surface area contributed by atoms with E-state index in [1.165, 1.54) is 10.9 Å². The average Bonchev–Trinajstić information content (AvgIpc) is 3.36. The number of nitriles is 1. The SMILES string of the molecule is N#Cc1sc(NC(=O)c2cnnn2-c2ccncc2)nc1-c1ccccn1. The number of carbonyl (C=O) groups is 1. The molecule has 0 saturated carbocycles. The Kier molecular flexibility index (Phi) is 4.34. The number of amides is 1. The minimum atomic E-state index is -0.442. The van der Waals surface area contributed by atoms with Crippen LogP contribution in [0.4, 0.5) is 5.13 Å². The molecule has 4 aromatic heterocycles. The molecule has 0 aromatic carbocycles. The first-order valence-electron chi connectivity index (χ1n) is 7.71. The highest BCUT2D eigenvalue weighted by Gasteiger charge is 2.19. The van der Waals surface area contributed by atoms with Crippen LogP contribution in [0.2, 0.25) is 0 Å². The third-order valence-electron chi connectivity index (χ3n) is 3.55. The minimum Gasteiger partial charge on any atom is -0.296 e. The fraction of sp³-hybridized carbons (Fsp3) is 0. The van der Waals surface area contributed by atoms with Crippen molar-refractivity contribution in [2.45, 2.75) is 0 Å². The first-order valence-corrected chi connectivity index (χ1v) is 8.52. The van der Waals surface area contributed by atoms with E-state index in [0.29, 0.717) is 27.1 Å². The summed E-state index contributed by atoms with van der Waals surface area (Å²) in [5.41, 5.74) is 1.88. The lowest BCUT2D eigenvalue weighted by atomic mass is 10.2. The van der Waals surface area contributed by atoms with Gasteiger partial charge in [-0.1, -0.05) is 22.6 Å². The van der Waals surface area contributed by atoms with E-state index in [1.807, 2.05) is 0 Å². The standard InChI is InChI=1S/C17H10N8OS/c18-9-14-15(12-3-1-2-6-20-12)22-17(27-14)23-16(26)13-10-21-24-25(13)11-4-7-19-8-5-11/h1-8,10H,(H,22,23,26). The second-order valence-corrected chi connectivity index (χ2v) is 6.21. The highest BCUT2D eigenvalue weighted by atomic mass is 32.1. The number of carbonyl (C=O) groups excluding carboxylic acids is 1. The quantitative estimate of drug-likeness (QED) is 0.581. The number of rotatable bonds is 4. The molecule has 0 spiro atoms. The zero-order chi connectivity index (χ0) is 18.6. The monoisotopic (exact) mass is 374 g/mol. The van der Waals surface area contributed by atoms with Crippen molar-refractivity contribution in [3.63, 3.8) is 0 Å². The summed E-state index contributed by atoms with van der Waals surface area (Å²) >= 11 is 1.08. The predicted molar refractivity (Wildman–Crippen MR) is 97.2 cm³/mol. The van der Waals surface area contributed by atoms with Crippen molar-refractivity contribution in [2.75, 3.05) is 5.32 Å². The Balaban J connectivity index is 1.63. The first-order chi connectivity index (χ1) is 13.3. The fourth-order valence-electron chi connectivity index (χ4n) is 2.35. The van der Waals surface area contributed by atoms with Gasteiger partial charge in [-0.3, -0.25) is 20.1 Å². The molecule has 130 valence electrons. The van der Waals surface area contributed by atoms with Crippen molar-refractivity contribution in [1.82, 2.24) is 29.9 Å². The van der Waals surface area contributed by atoms with Crippen LogP contribution in [-0.2, 0) is 0 Å². The normalized spacial score (nSPS) is 10.3. The van der Waals surface area contributed by atoms with Crippen LogP contribution in [0.25, 0.3) is 17.1 Å².